The summed E-state index contributed by atoms with van der Waals surface area (Å²) in [6.07, 6.45) is 7.18. The van der Waals surface area contributed by atoms with E-state index in [-0.39, 0.29) is 5.41 Å². The van der Waals surface area contributed by atoms with Crippen LogP contribution < -0.4 is 4.74 Å². The van der Waals surface area contributed by atoms with Crippen molar-refractivity contribution >= 4 is 15.7 Å². The second-order valence-corrected chi connectivity index (χ2v) is 11.1. The van der Waals surface area contributed by atoms with Crippen LogP contribution >= 0.6 is 11.8 Å². The molecule has 1 aliphatic carbocycles. The molecule has 1 saturated carbocycles. The van der Waals surface area contributed by atoms with Gasteiger partial charge >= 0.3 is 143 Å². The molecule has 0 N–H and O–H groups in total. The maximum atomic E-state index is 6.12. The van der Waals surface area contributed by atoms with E-state index >= 15 is 0 Å². The molecule has 0 aromatic heterocycles. The van der Waals surface area contributed by atoms with Crippen LogP contribution in [-0.2, 0) is 29.1 Å². The third-order valence-corrected chi connectivity index (χ3v) is 8.25. The third kappa shape index (κ3) is 7.51. The summed E-state index contributed by atoms with van der Waals surface area (Å²) < 4.78 is 7.53. The zero-order valence-corrected chi connectivity index (χ0v) is 22.1. The molecule has 0 heterocycles. The quantitative estimate of drug-likeness (QED) is 0.131. The molecular weight excluding hydrogens is 552 g/mol. The molecule has 0 amide bonds. The van der Waals surface area contributed by atoms with Crippen molar-refractivity contribution in [2.75, 3.05) is 26.1 Å². The molecule has 5 heteroatoms. The summed E-state index contributed by atoms with van der Waals surface area (Å²) in [4.78, 5) is 11.4. The number of benzene rings is 1. The van der Waals surface area contributed by atoms with E-state index in [2.05, 4.69) is 58.0 Å². The van der Waals surface area contributed by atoms with E-state index in [0.29, 0.717) is 13.2 Å². The number of hydrogen-bond donors (Lipinski definition) is 0. The van der Waals surface area contributed by atoms with Crippen LogP contribution in [0.4, 0.5) is 0 Å². The normalized spacial score (nSPS) is 17.2. The minimum absolute atomic E-state index is 0.244. The van der Waals surface area contributed by atoms with Gasteiger partial charge in [-0.1, -0.05) is 12.8 Å². The maximum absolute atomic E-state index is 6.12. The fourth-order valence-corrected chi connectivity index (χ4v) is 5.18. The molecule has 29 heavy (non-hydrogen) atoms. The Labute approximate surface area is 191 Å². The van der Waals surface area contributed by atoms with Crippen molar-refractivity contribution < 1.29 is 33.9 Å². The Morgan fingerprint density at radius 1 is 1.14 bits per heavy atom. The molecular formula is C24H34O3SW. The Bertz CT molecular complexity index is 731. The van der Waals surface area contributed by atoms with E-state index in [1.165, 1.54) is 70.5 Å². The molecule has 0 atom stereocenters. The van der Waals surface area contributed by atoms with E-state index in [0.717, 1.165) is 11.5 Å². The average Bonchev–Trinajstić information content (AvgIpc) is 3.20. The Morgan fingerprint density at radius 2 is 1.79 bits per heavy atom. The molecule has 160 valence electrons. The molecule has 0 saturated heterocycles. The Kier molecular flexibility index (Phi) is 10.4. The van der Waals surface area contributed by atoms with Gasteiger partial charge in [0.2, 0.25) is 0 Å². The first kappa shape index (κ1) is 24.6. The van der Waals surface area contributed by atoms with Crippen LogP contribution in [0.25, 0.3) is 0 Å². The van der Waals surface area contributed by atoms with Gasteiger partial charge in [-0.05, 0) is 12.8 Å². The fraction of sp³-hybridized carbons (Fsp3) is 0.542. The molecule has 1 aliphatic rings. The van der Waals surface area contributed by atoms with Crippen LogP contribution in [0.2, 0.25) is 0 Å². The van der Waals surface area contributed by atoms with Crippen molar-refractivity contribution in [2.45, 2.75) is 58.3 Å². The number of hydrogen-bond acceptors (Lipinski definition) is 4. The van der Waals surface area contributed by atoms with Crippen LogP contribution in [-0.4, -0.2) is 30.0 Å². The summed E-state index contributed by atoms with van der Waals surface area (Å²) in [6, 6.07) is 8.50. The van der Waals surface area contributed by atoms with Crippen molar-refractivity contribution in [1.29, 1.82) is 0 Å². The van der Waals surface area contributed by atoms with Crippen LogP contribution in [0.3, 0.4) is 0 Å². The summed E-state index contributed by atoms with van der Waals surface area (Å²) in [5, 5.41) is 0. The zero-order chi connectivity index (χ0) is 21.3. The summed E-state index contributed by atoms with van der Waals surface area (Å²) >= 11 is 3.42. The number of ether oxygens (including phenoxy) is 1. The molecule has 3 nitrogen and oxygen atoms in total. The molecule has 1 aromatic carbocycles. The van der Waals surface area contributed by atoms with E-state index in [1.54, 1.807) is 7.11 Å². The van der Waals surface area contributed by atoms with Gasteiger partial charge in [0.15, 0.2) is 0 Å². The second kappa shape index (κ2) is 12.2. The zero-order valence-electron chi connectivity index (χ0n) is 18.4. The van der Waals surface area contributed by atoms with Gasteiger partial charge in [-0.3, -0.25) is 0 Å². The van der Waals surface area contributed by atoms with E-state index in [1.807, 2.05) is 11.8 Å². The second-order valence-electron chi connectivity index (χ2n) is 7.82. The topological polar surface area (TPSA) is 27.7 Å². The first-order chi connectivity index (χ1) is 13.9. The molecule has 0 unspecified atom stereocenters. The first-order valence-electron chi connectivity index (χ1n) is 10.3. The summed E-state index contributed by atoms with van der Waals surface area (Å²) in [5.74, 6) is 1.99. The van der Waals surface area contributed by atoms with Gasteiger partial charge in [-0.25, -0.2) is 9.78 Å². The SMILES string of the molecule is CC=C(C)/C(COc1ccc(SCC2(COOC)CCCC2)cc1)=C(/C)[C](C)=[W]. The fourth-order valence-electron chi connectivity index (χ4n) is 3.57. The molecule has 0 spiro atoms. The van der Waals surface area contributed by atoms with Gasteiger partial charge in [0.05, 0.1) is 13.7 Å². The van der Waals surface area contributed by atoms with Crippen molar-refractivity contribution in [3.05, 3.63) is 47.1 Å². The summed E-state index contributed by atoms with van der Waals surface area (Å²) in [6.45, 7) is 9.92. The first-order valence-corrected chi connectivity index (χ1v) is 12.7. The summed E-state index contributed by atoms with van der Waals surface area (Å²) in [5.41, 5.74) is 4.17. The number of thioether (sulfide) groups is 1. The van der Waals surface area contributed by atoms with Crippen LogP contribution in [0.5, 0.6) is 5.75 Å². The molecule has 2 rings (SSSR count). The van der Waals surface area contributed by atoms with Crippen LogP contribution in [0.1, 0.15) is 53.4 Å². The van der Waals surface area contributed by atoms with Gasteiger partial charge in [-0.2, -0.15) is 0 Å². The van der Waals surface area contributed by atoms with E-state index in [9.17, 15) is 0 Å². The van der Waals surface area contributed by atoms with Crippen molar-refractivity contribution in [1.82, 2.24) is 0 Å². The van der Waals surface area contributed by atoms with E-state index < -0.39 is 0 Å². The summed E-state index contributed by atoms with van der Waals surface area (Å²) in [7, 11) is 1.59. The Morgan fingerprint density at radius 3 is 2.34 bits per heavy atom. The predicted octanol–water partition coefficient (Wildman–Crippen LogP) is 6.32. The van der Waals surface area contributed by atoms with Crippen molar-refractivity contribution in [2.24, 2.45) is 5.41 Å². The number of rotatable bonds is 11. The predicted molar refractivity (Wildman–Crippen MR) is 119 cm³/mol. The van der Waals surface area contributed by atoms with E-state index in [4.69, 9.17) is 14.5 Å². The Balaban J connectivity index is 1.96. The number of allylic oxidation sites excluding steroid dienone is 2. The van der Waals surface area contributed by atoms with Gasteiger partial charge in [0.1, 0.15) is 0 Å². The van der Waals surface area contributed by atoms with Crippen LogP contribution in [0, 0.1) is 5.41 Å². The standard InChI is InChI=1S/C24H34O3S.W/c1-6-19(3)23(20(4)7-2)16-26-21-10-12-22(13-11-21)28-18-24(17-27-25-5)14-8-9-15-24;/h6,10-13H,8-9,14-18H2,1-5H3;/b19-6?,23-20-;. The van der Waals surface area contributed by atoms with Crippen LogP contribution in [0.15, 0.2) is 52.0 Å². The monoisotopic (exact) mass is 586 g/mol. The molecule has 1 fully saturated rings. The van der Waals surface area contributed by atoms with Gasteiger partial charge in [0.25, 0.3) is 0 Å². The van der Waals surface area contributed by atoms with Gasteiger partial charge < -0.3 is 0 Å². The average molecular weight is 586 g/mol. The van der Waals surface area contributed by atoms with Crippen molar-refractivity contribution in [3.8, 4) is 5.75 Å². The minimum atomic E-state index is 0.244. The molecule has 0 radical (unpaired) electrons. The molecule has 1 aromatic rings. The van der Waals surface area contributed by atoms with Gasteiger partial charge in [-0.15, -0.1) is 0 Å². The van der Waals surface area contributed by atoms with Crippen molar-refractivity contribution in [3.63, 3.8) is 0 Å². The third-order valence-electron chi connectivity index (χ3n) is 5.79. The molecule has 0 bridgehead atoms. The molecule has 0 aliphatic heterocycles. The van der Waals surface area contributed by atoms with Gasteiger partial charge in [0, 0.05) is 0 Å². The Hall–Kier alpha value is -0.672.